The van der Waals surface area contributed by atoms with Crippen LogP contribution in [0.15, 0.2) is 18.5 Å². The van der Waals surface area contributed by atoms with E-state index in [2.05, 4.69) is 22.1 Å². The number of H-pyrrole nitrogens is 1. The van der Waals surface area contributed by atoms with Crippen LogP contribution in [0, 0.1) is 6.92 Å². The molecular weight excluding hydrogens is 188 g/mol. The number of nitrogen functional groups attached to an aromatic ring is 1. The number of nitrogens with one attached hydrogen (secondary N) is 1. The number of pyridine rings is 1. The maximum Gasteiger partial charge on any atom is 0.149 e. The van der Waals surface area contributed by atoms with Crippen molar-refractivity contribution in [3.8, 4) is 11.3 Å². The molecule has 0 aliphatic rings. The summed E-state index contributed by atoms with van der Waals surface area (Å²) in [4.78, 5) is 4.07. The van der Waals surface area contributed by atoms with Crippen molar-refractivity contribution >= 4 is 5.82 Å². The molecule has 4 heteroatoms. The largest absolute Gasteiger partial charge is 0.382 e. The lowest BCUT2D eigenvalue weighted by Crippen LogP contribution is -1.92. The number of rotatable bonds is 2. The van der Waals surface area contributed by atoms with Crippen molar-refractivity contribution in [2.45, 2.75) is 20.3 Å². The van der Waals surface area contributed by atoms with Crippen LogP contribution in [0.5, 0.6) is 0 Å². The van der Waals surface area contributed by atoms with Crippen molar-refractivity contribution in [2.75, 3.05) is 5.73 Å². The van der Waals surface area contributed by atoms with E-state index in [4.69, 9.17) is 5.73 Å². The molecule has 2 heterocycles. The van der Waals surface area contributed by atoms with E-state index in [1.165, 1.54) is 0 Å². The van der Waals surface area contributed by atoms with Crippen LogP contribution in [0.3, 0.4) is 0 Å². The van der Waals surface area contributed by atoms with Crippen LogP contribution >= 0.6 is 0 Å². The molecule has 0 amide bonds. The molecular formula is C11H14N4. The van der Waals surface area contributed by atoms with E-state index in [0.29, 0.717) is 5.82 Å². The molecule has 4 nitrogen and oxygen atoms in total. The number of hydrogen-bond donors (Lipinski definition) is 2. The van der Waals surface area contributed by atoms with Gasteiger partial charge >= 0.3 is 0 Å². The third-order valence-electron chi connectivity index (χ3n) is 2.54. The molecule has 0 atom stereocenters. The number of anilines is 1. The first-order chi connectivity index (χ1) is 7.24. The first kappa shape index (κ1) is 9.71. The number of nitrogens with zero attached hydrogens (tertiary/aromatic N) is 2. The van der Waals surface area contributed by atoms with Gasteiger partial charge in [-0.25, -0.2) is 0 Å². The number of aromatic amines is 1. The summed E-state index contributed by atoms with van der Waals surface area (Å²) in [5, 5.41) is 7.02. The lowest BCUT2D eigenvalue weighted by Gasteiger charge is -2.04. The summed E-state index contributed by atoms with van der Waals surface area (Å²) in [6.45, 7) is 4.10. The summed E-state index contributed by atoms with van der Waals surface area (Å²) in [6.07, 6.45) is 4.49. The summed E-state index contributed by atoms with van der Waals surface area (Å²) in [5.41, 5.74) is 10.1. The fourth-order valence-corrected chi connectivity index (χ4v) is 1.71. The highest BCUT2D eigenvalue weighted by Crippen LogP contribution is 2.27. The van der Waals surface area contributed by atoms with Crippen LogP contribution in [0.4, 0.5) is 5.82 Å². The van der Waals surface area contributed by atoms with E-state index in [-0.39, 0.29) is 0 Å². The number of nitrogens with two attached hydrogens (primary N) is 1. The summed E-state index contributed by atoms with van der Waals surface area (Å²) in [7, 11) is 0. The molecule has 0 unspecified atom stereocenters. The third kappa shape index (κ3) is 1.58. The van der Waals surface area contributed by atoms with Crippen molar-refractivity contribution in [1.82, 2.24) is 15.2 Å². The van der Waals surface area contributed by atoms with Gasteiger partial charge in [-0.2, -0.15) is 5.10 Å². The average molecular weight is 202 g/mol. The van der Waals surface area contributed by atoms with Gasteiger partial charge in [0.1, 0.15) is 5.82 Å². The van der Waals surface area contributed by atoms with E-state index >= 15 is 0 Å². The Balaban J connectivity index is 2.59. The van der Waals surface area contributed by atoms with Crippen LogP contribution in [-0.4, -0.2) is 15.2 Å². The fourth-order valence-electron chi connectivity index (χ4n) is 1.71. The van der Waals surface area contributed by atoms with Crippen LogP contribution in [-0.2, 0) is 6.42 Å². The highest BCUT2D eigenvalue weighted by atomic mass is 15.2. The smallest absolute Gasteiger partial charge is 0.149 e. The van der Waals surface area contributed by atoms with Gasteiger partial charge in [0.15, 0.2) is 0 Å². The van der Waals surface area contributed by atoms with Gasteiger partial charge < -0.3 is 5.73 Å². The molecule has 0 aliphatic heterocycles. The normalized spacial score (nSPS) is 10.5. The monoisotopic (exact) mass is 202 g/mol. The Morgan fingerprint density at radius 1 is 1.47 bits per heavy atom. The second kappa shape index (κ2) is 3.73. The minimum atomic E-state index is 0.587. The molecule has 2 aromatic heterocycles. The summed E-state index contributed by atoms with van der Waals surface area (Å²) < 4.78 is 0. The molecule has 15 heavy (non-hydrogen) atoms. The van der Waals surface area contributed by atoms with Crippen LogP contribution < -0.4 is 5.73 Å². The molecule has 0 bridgehead atoms. The van der Waals surface area contributed by atoms with E-state index in [0.717, 1.165) is 28.8 Å². The van der Waals surface area contributed by atoms with Gasteiger partial charge in [-0.1, -0.05) is 6.92 Å². The van der Waals surface area contributed by atoms with E-state index in [1.54, 1.807) is 6.20 Å². The Morgan fingerprint density at radius 3 is 2.93 bits per heavy atom. The fraction of sp³-hybridized carbons (Fsp3) is 0.273. The van der Waals surface area contributed by atoms with Crippen molar-refractivity contribution in [1.29, 1.82) is 0 Å². The second-order valence-electron chi connectivity index (χ2n) is 3.51. The van der Waals surface area contributed by atoms with Gasteiger partial charge in [0.25, 0.3) is 0 Å². The highest BCUT2D eigenvalue weighted by Gasteiger charge is 2.12. The first-order valence-electron chi connectivity index (χ1n) is 4.97. The topological polar surface area (TPSA) is 67.6 Å². The van der Waals surface area contributed by atoms with Crippen LogP contribution in [0.2, 0.25) is 0 Å². The van der Waals surface area contributed by atoms with Gasteiger partial charge in [-0.05, 0) is 25.0 Å². The van der Waals surface area contributed by atoms with Gasteiger partial charge in [0.2, 0.25) is 0 Å². The van der Waals surface area contributed by atoms with Gasteiger partial charge in [-0.3, -0.25) is 10.1 Å². The van der Waals surface area contributed by atoms with Gasteiger partial charge in [0.05, 0.1) is 5.69 Å². The Hall–Kier alpha value is -1.84. The Bertz CT molecular complexity index is 473. The molecule has 0 aromatic carbocycles. The second-order valence-corrected chi connectivity index (χ2v) is 3.51. The van der Waals surface area contributed by atoms with Crippen molar-refractivity contribution in [3.05, 3.63) is 29.6 Å². The molecule has 0 saturated heterocycles. The van der Waals surface area contributed by atoms with Gasteiger partial charge in [-0.15, -0.1) is 0 Å². The van der Waals surface area contributed by atoms with Crippen molar-refractivity contribution in [2.24, 2.45) is 0 Å². The molecule has 0 radical (unpaired) electrons. The summed E-state index contributed by atoms with van der Waals surface area (Å²) in [6, 6.07) is 1.97. The number of aromatic nitrogens is 3. The number of hydrogen-bond acceptors (Lipinski definition) is 3. The van der Waals surface area contributed by atoms with E-state index < -0.39 is 0 Å². The van der Waals surface area contributed by atoms with E-state index in [1.807, 2.05) is 19.2 Å². The van der Waals surface area contributed by atoms with Gasteiger partial charge in [0, 0.05) is 23.5 Å². The zero-order chi connectivity index (χ0) is 10.8. The SMILES string of the molecule is CCc1c(N)n[nH]c1-c1ccncc1C. The Kier molecular flexibility index (Phi) is 2.41. The molecule has 2 rings (SSSR count). The molecule has 0 fully saturated rings. The average Bonchev–Trinajstić information content (AvgIpc) is 2.60. The lowest BCUT2D eigenvalue weighted by atomic mass is 10.0. The molecule has 78 valence electrons. The quantitative estimate of drug-likeness (QED) is 0.781. The number of aryl methyl sites for hydroxylation is 1. The maximum atomic E-state index is 5.78. The van der Waals surface area contributed by atoms with Crippen LogP contribution in [0.1, 0.15) is 18.1 Å². The predicted molar refractivity (Wildman–Crippen MR) is 60.3 cm³/mol. The zero-order valence-electron chi connectivity index (χ0n) is 8.91. The van der Waals surface area contributed by atoms with E-state index in [9.17, 15) is 0 Å². The summed E-state index contributed by atoms with van der Waals surface area (Å²) >= 11 is 0. The molecule has 0 aliphatic carbocycles. The lowest BCUT2D eigenvalue weighted by molar-refractivity contribution is 1.10. The zero-order valence-corrected chi connectivity index (χ0v) is 8.91. The van der Waals surface area contributed by atoms with Crippen LogP contribution in [0.25, 0.3) is 11.3 Å². The standard InChI is InChI=1S/C11H14N4/c1-3-8-10(14-15-11(8)12)9-4-5-13-6-7(9)2/h4-6H,3H2,1-2H3,(H3,12,14,15). The Morgan fingerprint density at radius 2 is 2.27 bits per heavy atom. The predicted octanol–water partition coefficient (Wildman–Crippen LogP) is 1.92. The Labute approximate surface area is 88.5 Å². The highest BCUT2D eigenvalue weighted by molar-refractivity contribution is 5.70. The van der Waals surface area contributed by atoms with Crippen molar-refractivity contribution < 1.29 is 0 Å². The molecule has 0 saturated carbocycles. The molecule has 2 aromatic rings. The minimum absolute atomic E-state index is 0.587. The molecule has 3 N–H and O–H groups in total. The first-order valence-corrected chi connectivity index (χ1v) is 4.97. The summed E-state index contributed by atoms with van der Waals surface area (Å²) in [5.74, 6) is 0.587. The maximum absolute atomic E-state index is 5.78. The third-order valence-corrected chi connectivity index (χ3v) is 2.54. The minimum Gasteiger partial charge on any atom is -0.382 e. The van der Waals surface area contributed by atoms with Crippen molar-refractivity contribution in [3.63, 3.8) is 0 Å². The molecule has 0 spiro atoms.